The van der Waals surface area contributed by atoms with Crippen LogP contribution in [0.1, 0.15) is 16.8 Å². The molecule has 4 nitrogen and oxygen atoms in total. The lowest BCUT2D eigenvalue weighted by Gasteiger charge is -2.29. The van der Waals surface area contributed by atoms with Crippen molar-refractivity contribution in [3.05, 3.63) is 102 Å². The summed E-state index contributed by atoms with van der Waals surface area (Å²) in [4.78, 5) is 4.71. The number of benzene rings is 3. The molecule has 1 spiro atoms. The Kier molecular flexibility index (Phi) is 2.74. The van der Waals surface area contributed by atoms with Crippen molar-refractivity contribution in [1.29, 1.82) is 0 Å². The van der Waals surface area contributed by atoms with E-state index in [1.165, 1.54) is 54.8 Å². The SMILES string of the molecule is Cc1ncc2c3ccc[n+]4c3c3c(ccc5oc1c2c53)[C@]41C[n+]2ccccc2-c2ccccc21. The van der Waals surface area contributed by atoms with Crippen molar-refractivity contribution >= 4 is 43.6 Å². The Morgan fingerprint density at radius 2 is 1.74 bits per heavy atom. The van der Waals surface area contributed by atoms with E-state index in [0.29, 0.717) is 0 Å². The second kappa shape index (κ2) is 5.42. The Morgan fingerprint density at radius 1 is 0.824 bits per heavy atom. The molecule has 0 saturated heterocycles. The average Bonchev–Trinajstić information content (AvgIpc) is 3.41. The molecule has 0 amide bonds. The van der Waals surface area contributed by atoms with E-state index in [0.717, 1.165) is 23.4 Å². The van der Waals surface area contributed by atoms with E-state index in [-0.39, 0.29) is 5.54 Å². The van der Waals surface area contributed by atoms with Crippen LogP contribution in [-0.2, 0) is 12.1 Å². The Labute approximate surface area is 194 Å². The third kappa shape index (κ3) is 1.67. The number of nitrogens with zero attached hydrogens (tertiary/aromatic N) is 3. The molecule has 6 heterocycles. The van der Waals surface area contributed by atoms with Crippen LogP contribution in [0.5, 0.6) is 0 Å². The maximum absolute atomic E-state index is 6.42. The summed E-state index contributed by atoms with van der Waals surface area (Å²) in [7, 11) is 0. The number of rotatable bonds is 0. The largest absolute Gasteiger partial charge is 0.454 e. The molecule has 0 fully saturated rings. The summed E-state index contributed by atoms with van der Waals surface area (Å²) >= 11 is 0. The zero-order chi connectivity index (χ0) is 22.2. The summed E-state index contributed by atoms with van der Waals surface area (Å²) in [5.74, 6) is 0. The molecule has 4 heteroatoms. The zero-order valence-electron chi connectivity index (χ0n) is 18.5. The molecular weight excluding hydrogens is 418 g/mol. The number of hydrogen-bond acceptors (Lipinski definition) is 2. The maximum atomic E-state index is 6.42. The predicted molar refractivity (Wildman–Crippen MR) is 131 cm³/mol. The lowest BCUT2D eigenvalue weighted by molar-refractivity contribution is -0.798. The quantitative estimate of drug-likeness (QED) is 0.235. The van der Waals surface area contributed by atoms with Crippen molar-refractivity contribution in [1.82, 2.24) is 4.98 Å². The number of aryl methyl sites for hydroxylation is 1. The smallest absolute Gasteiger partial charge is 0.278 e. The number of aromatic nitrogens is 3. The minimum atomic E-state index is -0.335. The molecule has 158 valence electrons. The van der Waals surface area contributed by atoms with Gasteiger partial charge in [-0.2, -0.15) is 9.13 Å². The van der Waals surface area contributed by atoms with E-state index < -0.39 is 0 Å². The minimum Gasteiger partial charge on any atom is -0.454 e. The van der Waals surface area contributed by atoms with Crippen LogP contribution in [0.2, 0.25) is 0 Å². The molecular formula is C30H19N3O+2. The lowest BCUT2D eigenvalue weighted by atomic mass is 9.77. The first-order valence-corrected chi connectivity index (χ1v) is 11.8. The van der Waals surface area contributed by atoms with E-state index in [1.807, 2.05) is 13.1 Å². The van der Waals surface area contributed by atoms with Gasteiger partial charge in [-0.05, 0) is 37.3 Å². The van der Waals surface area contributed by atoms with Crippen molar-refractivity contribution in [3.63, 3.8) is 0 Å². The Bertz CT molecular complexity index is 2020. The van der Waals surface area contributed by atoms with Crippen LogP contribution in [0.4, 0.5) is 0 Å². The van der Waals surface area contributed by atoms with Gasteiger partial charge in [0.1, 0.15) is 5.58 Å². The van der Waals surface area contributed by atoms with Gasteiger partial charge in [-0.15, -0.1) is 0 Å². The van der Waals surface area contributed by atoms with Gasteiger partial charge in [0, 0.05) is 51.7 Å². The first kappa shape index (κ1) is 17.2. The van der Waals surface area contributed by atoms with Crippen LogP contribution < -0.4 is 9.13 Å². The molecule has 0 bridgehead atoms. The Balaban J connectivity index is 1.56. The third-order valence-corrected chi connectivity index (χ3v) is 8.21. The Hall–Kier alpha value is -4.31. The van der Waals surface area contributed by atoms with Gasteiger partial charge in [0.25, 0.3) is 5.54 Å². The number of pyridine rings is 3. The zero-order valence-corrected chi connectivity index (χ0v) is 18.5. The summed E-state index contributed by atoms with van der Waals surface area (Å²) in [6.07, 6.45) is 6.51. The van der Waals surface area contributed by atoms with Gasteiger partial charge in [-0.25, -0.2) is 0 Å². The van der Waals surface area contributed by atoms with Crippen LogP contribution in [0.3, 0.4) is 0 Å². The molecule has 2 aliphatic rings. The average molecular weight is 438 g/mol. The maximum Gasteiger partial charge on any atom is 0.278 e. The highest BCUT2D eigenvalue weighted by molar-refractivity contribution is 6.32. The van der Waals surface area contributed by atoms with E-state index in [4.69, 9.17) is 9.40 Å². The first-order chi connectivity index (χ1) is 16.8. The van der Waals surface area contributed by atoms with Crippen LogP contribution in [0.25, 0.3) is 54.9 Å². The summed E-state index contributed by atoms with van der Waals surface area (Å²) in [5.41, 5.74) is 8.99. The molecule has 34 heavy (non-hydrogen) atoms. The van der Waals surface area contributed by atoms with Gasteiger partial charge >= 0.3 is 0 Å². The van der Waals surface area contributed by atoms with Crippen molar-refractivity contribution in [2.24, 2.45) is 0 Å². The van der Waals surface area contributed by atoms with Gasteiger partial charge in [-0.1, -0.05) is 18.2 Å². The van der Waals surface area contributed by atoms with Gasteiger partial charge in [-0.3, -0.25) is 4.98 Å². The number of hydrogen-bond donors (Lipinski definition) is 0. The first-order valence-electron chi connectivity index (χ1n) is 11.8. The van der Waals surface area contributed by atoms with Gasteiger partial charge in [0.05, 0.1) is 22.0 Å². The van der Waals surface area contributed by atoms with Crippen LogP contribution >= 0.6 is 0 Å². The predicted octanol–water partition coefficient (Wildman–Crippen LogP) is 5.39. The van der Waals surface area contributed by atoms with Crippen LogP contribution in [0.15, 0.2) is 89.7 Å². The third-order valence-electron chi connectivity index (χ3n) is 8.21. The fraction of sp³-hybridized carbons (Fsp3) is 0.100. The molecule has 4 aromatic heterocycles. The minimum absolute atomic E-state index is 0.335. The summed E-state index contributed by atoms with van der Waals surface area (Å²) in [6.45, 7) is 2.88. The van der Waals surface area contributed by atoms with Crippen molar-refractivity contribution in [3.8, 4) is 11.3 Å². The van der Waals surface area contributed by atoms with Gasteiger partial charge in [0.15, 0.2) is 18.0 Å². The Morgan fingerprint density at radius 3 is 2.71 bits per heavy atom. The topological polar surface area (TPSA) is 33.8 Å². The molecule has 0 aliphatic carbocycles. The molecule has 0 saturated carbocycles. The number of furan rings is 1. The highest BCUT2D eigenvalue weighted by Crippen LogP contribution is 2.51. The highest BCUT2D eigenvalue weighted by Gasteiger charge is 2.58. The molecule has 7 aromatic rings. The normalized spacial score (nSPS) is 18.1. The molecule has 9 rings (SSSR count). The second-order valence-corrected chi connectivity index (χ2v) is 9.68. The molecule has 0 unspecified atom stereocenters. The molecule has 3 aromatic carbocycles. The van der Waals surface area contributed by atoms with Crippen LogP contribution in [-0.4, -0.2) is 4.98 Å². The molecule has 1 atom stereocenters. The van der Waals surface area contributed by atoms with Crippen molar-refractivity contribution in [2.75, 3.05) is 0 Å². The van der Waals surface area contributed by atoms with E-state index in [9.17, 15) is 0 Å². The van der Waals surface area contributed by atoms with Crippen LogP contribution in [0, 0.1) is 6.92 Å². The van der Waals surface area contributed by atoms with Gasteiger partial charge in [0.2, 0.25) is 17.8 Å². The highest BCUT2D eigenvalue weighted by atomic mass is 16.3. The fourth-order valence-corrected chi connectivity index (χ4v) is 6.91. The second-order valence-electron chi connectivity index (χ2n) is 9.68. The fourth-order valence-electron chi connectivity index (χ4n) is 6.91. The molecule has 0 N–H and O–H groups in total. The molecule has 2 aliphatic heterocycles. The van der Waals surface area contributed by atoms with E-state index >= 15 is 0 Å². The van der Waals surface area contributed by atoms with E-state index in [1.54, 1.807) is 0 Å². The van der Waals surface area contributed by atoms with Gasteiger partial charge < -0.3 is 4.42 Å². The summed E-state index contributed by atoms with van der Waals surface area (Å²) in [5, 5.41) is 6.17. The summed E-state index contributed by atoms with van der Waals surface area (Å²) in [6, 6.07) is 24.3. The monoisotopic (exact) mass is 437 g/mol. The number of fused-ring (bicyclic) bond motifs is 7. The van der Waals surface area contributed by atoms with Crippen molar-refractivity contribution in [2.45, 2.75) is 19.0 Å². The lowest BCUT2D eigenvalue weighted by Crippen LogP contribution is -2.65. The van der Waals surface area contributed by atoms with E-state index in [2.05, 4.69) is 88.3 Å². The molecule has 0 radical (unpaired) electrons. The van der Waals surface area contributed by atoms with Crippen molar-refractivity contribution < 1.29 is 13.6 Å². The summed E-state index contributed by atoms with van der Waals surface area (Å²) < 4.78 is 11.4. The standard InChI is InChI=1S/C30H19N3O/c1-17-29-25-20(15-31-17)18-8-6-14-33-28(18)26-22(11-12-24(34-29)27(25)26)30(33)16-32-13-5-4-10-23(32)19-7-2-3-9-21(19)30/h2-15H,16H2,1H3/q+2/t30-/m1/s1.